The van der Waals surface area contributed by atoms with Gasteiger partial charge in [0.15, 0.2) is 0 Å². The van der Waals surface area contributed by atoms with Crippen molar-refractivity contribution in [2.24, 2.45) is 44.4 Å². The largest absolute Gasteiger partial charge is 0.330 e. The van der Waals surface area contributed by atoms with E-state index in [0.29, 0.717) is 0 Å². The Kier molecular flexibility index (Phi) is 14.0. The van der Waals surface area contributed by atoms with Crippen molar-refractivity contribution >= 4 is 17.1 Å². The van der Waals surface area contributed by atoms with Gasteiger partial charge in [0.05, 0.1) is 0 Å². The molecule has 0 spiro atoms. The molecule has 0 radical (unpaired) electrons. The molecule has 234 valence electrons. The van der Waals surface area contributed by atoms with Gasteiger partial charge in [-0.05, 0) is 119 Å². The second kappa shape index (κ2) is 18.4. The summed E-state index contributed by atoms with van der Waals surface area (Å²) < 4.78 is 0. The summed E-state index contributed by atoms with van der Waals surface area (Å²) in [7, 11) is 0. The highest BCUT2D eigenvalue weighted by molar-refractivity contribution is 5.99. The summed E-state index contributed by atoms with van der Waals surface area (Å²) in [5, 5.41) is 0. The van der Waals surface area contributed by atoms with Crippen LogP contribution in [0, 0.1) is 23.7 Å². The molecule has 2 aliphatic rings. The fourth-order valence-corrected chi connectivity index (χ4v) is 6.36. The highest BCUT2D eigenvalue weighted by Crippen LogP contribution is 2.30. The van der Waals surface area contributed by atoms with Crippen LogP contribution in [-0.2, 0) is 0 Å². The summed E-state index contributed by atoms with van der Waals surface area (Å²) in [6, 6.07) is 31.4. The van der Waals surface area contributed by atoms with Crippen molar-refractivity contribution < 1.29 is 0 Å². The molecule has 2 aliphatic carbocycles. The SMILES string of the molecule is CC(=NCC1CCC(CN)CC1)c1ccccc1.CC(=NCC1CCC(CN=C(C)c2ccccc2)CC1)c1ccccc1. The molecule has 0 atom stereocenters. The fraction of sp³-hybridized carbons (Fsp3) is 0.475. The van der Waals surface area contributed by atoms with Crippen molar-refractivity contribution in [1.29, 1.82) is 0 Å². The Hall–Kier alpha value is -3.37. The van der Waals surface area contributed by atoms with Crippen LogP contribution in [0.3, 0.4) is 0 Å². The lowest BCUT2D eigenvalue weighted by Gasteiger charge is -2.26. The van der Waals surface area contributed by atoms with Gasteiger partial charge in [-0.15, -0.1) is 0 Å². The molecule has 0 amide bonds. The summed E-state index contributed by atoms with van der Waals surface area (Å²) in [4.78, 5) is 14.4. The van der Waals surface area contributed by atoms with Crippen LogP contribution in [0.4, 0.5) is 0 Å². The lowest BCUT2D eigenvalue weighted by atomic mass is 9.82. The zero-order valence-electron chi connectivity index (χ0n) is 27.4. The van der Waals surface area contributed by atoms with E-state index in [9.17, 15) is 0 Å². The number of hydrogen-bond donors (Lipinski definition) is 1. The molecule has 4 nitrogen and oxygen atoms in total. The Balaban J connectivity index is 0.000000215. The number of hydrogen-bond acceptors (Lipinski definition) is 4. The molecule has 2 N–H and O–H groups in total. The molecule has 0 unspecified atom stereocenters. The van der Waals surface area contributed by atoms with Gasteiger partial charge in [-0.3, -0.25) is 15.0 Å². The zero-order valence-corrected chi connectivity index (χ0v) is 27.4. The molecule has 3 aromatic carbocycles. The molecule has 4 heteroatoms. The highest BCUT2D eigenvalue weighted by Gasteiger charge is 2.21. The van der Waals surface area contributed by atoms with Crippen molar-refractivity contribution in [2.75, 3.05) is 26.2 Å². The summed E-state index contributed by atoms with van der Waals surface area (Å²) in [6.07, 6.45) is 10.3. The number of benzene rings is 3. The molecule has 0 heterocycles. The quantitative estimate of drug-likeness (QED) is 0.235. The molecule has 2 fully saturated rings. The Morgan fingerprint density at radius 1 is 0.455 bits per heavy atom. The lowest BCUT2D eigenvalue weighted by Crippen LogP contribution is -2.22. The van der Waals surface area contributed by atoms with Gasteiger partial charge in [-0.2, -0.15) is 0 Å². The standard InChI is InChI=1S/C24H30N2.C16H24N2/c1-19(23-9-5-3-6-10-23)25-17-21-13-15-22(16-14-21)18-26-20(2)24-11-7-4-8-12-24;1-13(16-5-3-2-4-6-16)18-12-15-9-7-14(11-17)8-10-15/h3-12,21-22H,13-18H2,1-2H3;2-6,14-15H,7-12,17H2,1H3. The molecule has 2 saturated carbocycles. The lowest BCUT2D eigenvalue weighted by molar-refractivity contribution is 0.285. The number of nitrogens with two attached hydrogens (primary N) is 1. The van der Waals surface area contributed by atoms with Crippen LogP contribution in [-0.4, -0.2) is 43.3 Å². The first-order valence-electron chi connectivity index (χ1n) is 16.9. The predicted octanol–water partition coefficient (Wildman–Crippen LogP) is 9.07. The van der Waals surface area contributed by atoms with E-state index in [0.717, 1.165) is 67.0 Å². The van der Waals surface area contributed by atoms with Gasteiger partial charge in [0.1, 0.15) is 0 Å². The van der Waals surface area contributed by atoms with Crippen LogP contribution in [0.25, 0.3) is 0 Å². The van der Waals surface area contributed by atoms with Gasteiger partial charge >= 0.3 is 0 Å². The summed E-state index contributed by atoms with van der Waals surface area (Å²) >= 11 is 0. The maximum absolute atomic E-state index is 5.72. The van der Waals surface area contributed by atoms with Crippen molar-refractivity contribution in [1.82, 2.24) is 0 Å². The monoisotopic (exact) mass is 590 g/mol. The van der Waals surface area contributed by atoms with Gasteiger partial charge in [0.25, 0.3) is 0 Å². The molecule has 5 rings (SSSR count). The Bertz CT molecular complexity index is 1230. The number of aliphatic imine (C=N–C) groups is 3. The first kappa shape index (κ1) is 33.5. The van der Waals surface area contributed by atoms with Crippen LogP contribution < -0.4 is 5.73 Å². The second-order valence-corrected chi connectivity index (χ2v) is 12.9. The van der Waals surface area contributed by atoms with E-state index in [4.69, 9.17) is 20.7 Å². The Morgan fingerprint density at radius 2 is 0.705 bits per heavy atom. The van der Waals surface area contributed by atoms with Crippen molar-refractivity contribution in [3.05, 3.63) is 108 Å². The Labute approximate surface area is 267 Å². The molecular weight excluding hydrogens is 536 g/mol. The maximum Gasteiger partial charge on any atom is 0.0420 e. The molecule has 44 heavy (non-hydrogen) atoms. The maximum atomic E-state index is 5.72. The minimum absolute atomic E-state index is 0.740. The van der Waals surface area contributed by atoms with Gasteiger partial charge in [0.2, 0.25) is 0 Å². The van der Waals surface area contributed by atoms with E-state index < -0.39 is 0 Å². The highest BCUT2D eigenvalue weighted by atomic mass is 14.8. The third-order valence-corrected chi connectivity index (χ3v) is 9.60. The molecular formula is C40H54N4. The van der Waals surface area contributed by atoms with Crippen molar-refractivity contribution in [3.8, 4) is 0 Å². The van der Waals surface area contributed by atoms with Gasteiger partial charge in [-0.25, -0.2) is 0 Å². The number of rotatable bonds is 10. The van der Waals surface area contributed by atoms with Gasteiger partial charge in [-0.1, -0.05) is 91.0 Å². The van der Waals surface area contributed by atoms with Crippen LogP contribution in [0.15, 0.2) is 106 Å². The molecule has 0 aromatic heterocycles. The van der Waals surface area contributed by atoms with E-state index in [1.54, 1.807) is 0 Å². The fourth-order valence-electron chi connectivity index (χ4n) is 6.36. The normalized spacial score (nSPS) is 23.0. The van der Waals surface area contributed by atoms with Crippen LogP contribution in [0.1, 0.15) is 88.8 Å². The number of nitrogens with zero attached hydrogens (tertiary/aromatic N) is 3. The third kappa shape index (κ3) is 11.3. The molecule has 3 aromatic rings. The summed E-state index contributed by atoms with van der Waals surface area (Å²) in [5.41, 5.74) is 12.9. The van der Waals surface area contributed by atoms with Crippen LogP contribution in [0.2, 0.25) is 0 Å². The second-order valence-electron chi connectivity index (χ2n) is 12.9. The first-order valence-corrected chi connectivity index (χ1v) is 16.9. The molecule has 0 aliphatic heterocycles. The van der Waals surface area contributed by atoms with Crippen molar-refractivity contribution in [2.45, 2.75) is 72.1 Å². The zero-order chi connectivity index (χ0) is 31.0. The third-order valence-electron chi connectivity index (χ3n) is 9.60. The minimum Gasteiger partial charge on any atom is -0.330 e. The van der Waals surface area contributed by atoms with Gasteiger partial charge < -0.3 is 5.73 Å². The summed E-state index contributed by atoms with van der Waals surface area (Å²) in [5.74, 6) is 3.01. The average molecular weight is 591 g/mol. The minimum atomic E-state index is 0.740. The van der Waals surface area contributed by atoms with Gasteiger partial charge in [0, 0.05) is 36.8 Å². The first-order chi connectivity index (χ1) is 21.5. The average Bonchev–Trinajstić information content (AvgIpc) is 3.10. The smallest absolute Gasteiger partial charge is 0.0420 e. The predicted molar refractivity (Wildman–Crippen MR) is 191 cm³/mol. The van der Waals surface area contributed by atoms with E-state index in [2.05, 4.69) is 106 Å². The van der Waals surface area contributed by atoms with Crippen LogP contribution in [0.5, 0.6) is 0 Å². The van der Waals surface area contributed by atoms with Crippen LogP contribution >= 0.6 is 0 Å². The van der Waals surface area contributed by atoms with E-state index in [1.165, 1.54) is 68.1 Å². The van der Waals surface area contributed by atoms with Crippen molar-refractivity contribution in [3.63, 3.8) is 0 Å². The van der Waals surface area contributed by atoms with E-state index in [-0.39, 0.29) is 0 Å². The molecule has 0 bridgehead atoms. The Morgan fingerprint density at radius 3 is 0.955 bits per heavy atom. The molecule has 0 saturated heterocycles. The van der Waals surface area contributed by atoms with E-state index >= 15 is 0 Å². The summed E-state index contributed by atoms with van der Waals surface area (Å²) in [6.45, 7) is 10.2. The topological polar surface area (TPSA) is 63.1 Å². The van der Waals surface area contributed by atoms with E-state index in [1.807, 2.05) is 6.07 Å².